The average Bonchev–Trinajstić information content (AvgIpc) is 3.21. The number of halogens is 1. The molecule has 7 heteroatoms. The Morgan fingerprint density at radius 3 is 2.29 bits per heavy atom. The van der Waals surface area contributed by atoms with Crippen molar-refractivity contribution in [2.24, 2.45) is 0 Å². The van der Waals surface area contributed by atoms with Gasteiger partial charge in [-0.25, -0.2) is 4.79 Å². The summed E-state index contributed by atoms with van der Waals surface area (Å²) >= 11 is 6.09. The van der Waals surface area contributed by atoms with Gasteiger partial charge in [0, 0.05) is 22.0 Å². The summed E-state index contributed by atoms with van der Waals surface area (Å²) in [5.41, 5.74) is 5.31. The standard InChI is InChI=1S/C24H21ClN4O2/c1-15-3-6-17(7-4-15)13-22-28-29-23(31-22)18-8-11-19(12-9-18)26-24(30)27-20-10-5-16(2)21(25)14-20/h3-12,14H,13H2,1-2H3,(H2,26,27,30). The van der Waals surface area contributed by atoms with Crippen molar-refractivity contribution in [1.29, 1.82) is 0 Å². The molecule has 0 atom stereocenters. The number of carbonyl (C=O) groups excluding carboxylic acids is 1. The lowest BCUT2D eigenvalue weighted by molar-refractivity contribution is 0.262. The van der Waals surface area contributed by atoms with Crippen molar-refractivity contribution in [2.75, 3.05) is 10.6 Å². The van der Waals surface area contributed by atoms with E-state index < -0.39 is 0 Å². The van der Waals surface area contributed by atoms with Crippen molar-refractivity contribution in [3.05, 3.63) is 94.3 Å². The molecule has 4 aromatic rings. The molecule has 0 saturated carbocycles. The fourth-order valence-electron chi connectivity index (χ4n) is 2.98. The number of anilines is 2. The second-order valence-electron chi connectivity index (χ2n) is 7.28. The van der Waals surface area contributed by atoms with Crippen LogP contribution in [0.4, 0.5) is 16.2 Å². The molecular weight excluding hydrogens is 412 g/mol. The molecule has 0 unspecified atom stereocenters. The third-order valence-electron chi connectivity index (χ3n) is 4.76. The molecule has 0 aliphatic carbocycles. The lowest BCUT2D eigenvalue weighted by Gasteiger charge is -2.09. The third-order valence-corrected chi connectivity index (χ3v) is 5.17. The first kappa shape index (κ1) is 20.6. The predicted octanol–water partition coefficient (Wildman–Crippen LogP) is 6.24. The fraction of sp³-hybridized carbons (Fsp3) is 0.125. The Labute approximate surface area is 185 Å². The summed E-state index contributed by atoms with van der Waals surface area (Å²) in [5, 5.41) is 14.4. The van der Waals surface area contributed by atoms with Gasteiger partial charge in [0.2, 0.25) is 11.8 Å². The van der Waals surface area contributed by atoms with Crippen LogP contribution in [0, 0.1) is 13.8 Å². The zero-order valence-corrected chi connectivity index (χ0v) is 17.9. The Kier molecular flexibility index (Phi) is 6.00. The smallest absolute Gasteiger partial charge is 0.323 e. The van der Waals surface area contributed by atoms with Crippen LogP contribution in [-0.4, -0.2) is 16.2 Å². The topological polar surface area (TPSA) is 80.0 Å². The van der Waals surface area contributed by atoms with E-state index >= 15 is 0 Å². The average molecular weight is 433 g/mol. The van der Waals surface area contributed by atoms with E-state index in [1.54, 1.807) is 24.3 Å². The number of urea groups is 1. The van der Waals surface area contributed by atoms with Gasteiger partial charge < -0.3 is 15.1 Å². The minimum absolute atomic E-state index is 0.356. The molecule has 0 radical (unpaired) electrons. The molecule has 3 aromatic carbocycles. The Balaban J connectivity index is 1.37. The highest BCUT2D eigenvalue weighted by atomic mass is 35.5. The van der Waals surface area contributed by atoms with Gasteiger partial charge in [0.25, 0.3) is 0 Å². The maximum atomic E-state index is 12.2. The molecular formula is C24H21ClN4O2. The summed E-state index contributed by atoms with van der Waals surface area (Å²) in [6, 6.07) is 20.4. The number of nitrogens with zero attached hydrogens (tertiary/aromatic N) is 2. The fourth-order valence-corrected chi connectivity index (χ4v) is 3.16. The quantitative estimate of drug-likeness (QED) is 0.391. The van der Waals surface area contributed by atoms with Gasteiger partial charge in [-0.05, 0) is 61.4 Å². The molecule has 156 valence electrons. The van der Waals surface area contributed by atoms with Gasteiger partial charge in [-0.3, -0.25) is 0 Å². The molecule has 2 amide bonds. The SMILES string of the molecule is Cc1ccc(Cc2nnc(-c3ccc(NC(=O)Nc4ccc(C)c(Cl)c4)cc3)o2)cc1. The summed E-state index contributed by atoms with van der Waals surface area (Å²) in [6.45, 7) is 3.96. The van der Waals surface area contributed by atoms with Crippen molar-refractivity contribution < 1.29 is 9.21 Å². The van der Waals surface area contributed by atoms with Crippen molar-refractivity contribution in [1.82, 2.24) is 10.2 Å². The van der Waals surface area contributed by atoms with Gasteiger partial charge in [0.1, 0.15) is 0 Å². The number of hydrogen-bond acceptors (Lipinski definition) is 4. The van der Waals surface area contributed by atoms with Crippen LogP contribution in [0.25, 0.3) is 11.5 Å². The highest BCUT2D eigenvalue weighted by Crippen LogP contribution is 2.23. The van der Waals surface area contributed by atoms with Crippen molar-refractivity contribution in [3.63, 3.8) is 0 Å². The lowest BCUT2D eigenvalue weighted by atomic mass is 10.1. The van der Waals surface area contributed by atoms with E-state index in [-0.39, 0.29) is 6.03 Å². The highest BCUT2D eigenvalue weighted by molar-refractivity contribution is 6.31. The molecule has 1 aromatic heterocycles. The number of aryl methyl sites for hydroxylation is 2. The zero-order chi connectivity index (χ0) is 21.8. The molecule has 6 nitrogen and oxygen atoms in total. The van der Waals surface area contributed by atoms with E-state index in [1.165, 1.54) is 5.56 Å². The van der Waals surface area contributed by atoms with E-state index in [2.05, 4.69) is 52.0 Å². The minimum atomic E-state index is -0.356. The number of amides is 2. The summed E-state index contributed by atoms with van der Waals surface area (Å²) in [5.74, 6) is 0.990. The number of rotatable bonds is 5. The van der Waals surface area contributed by atoms with Crippen LogP contribution >= 0.6 is 11.6 Å². The van der Waals surface area contributed by atoms with E-state index in [0.717, 1.165) is 16.7 Å². The van der Waals surface area contributed by atoms with Crippen LogP contribution in [-0.2, 0) is 6.42 Å². The van der Waals surface area contributed by atoms with Crippen LogP contribution in [0.5, 0.6) is 0 Å². The monoisotopic (exact) mass is 432 g/mol. The predicted molar refractivity (Wildman–Crippen MR) is 123 cm³/mol. The van der Waals surface area contributed by atoms with Gasteiger partial charge in [-0.15, -0.1) is 10.2 Å². The van der Waals surface area contributed by atoms with Crippen LogP contribution in [0.2, 0.25) is 5.02 Å². The van der Waals surface area contributed by atoms with Gasteiger partial charge in [-0.1, -0.05) is 47.5 Å². The largest absolute Gasteiger partial charge is 0.420 e. The van der Waals surface area contributed by atoms with E-state index in [1.807, 2.05) is 25.1 Å². The summed E-state index contributed by atoms with van der Waals surface area (Å²) in [6.07, 6.45) is 0.579. The number of benzene rings is 3. The van der Waals surface area contributed by atoms with E-state index in [9.17, 15) is 4.79 Å². The summed E-state index contributed by atoms with van der Waals surface area (Å²) in [4.78, 5) is 12.2. The summed E-state index contributed by atoms with van der Waals surface area (Å²) in [7, 11) is 0. The molecule has 2 N–H and O–H groups in total. The molecule has 1 heterocycles. The van der Waals surface area contributed by atoms with Crippen LogP contribution in [0.3, 0.4) is 0 Å². The molecule has 0 saturated heterocycles. The Morgan fingerprint density at radius 2 is 1.58 bits per heavy atom. The first-order valence-corrected chi connectivity index (χ1v) is 10.2. The molecule has 0 aliphatic heterocycles. The molecule has 0 bridgehead atoms. The van der Waals surface area contributed by atoms with Gasteiger partial charge in [0.15, 0.2) is 0 Å². The minimum Gasteiger partial charge on any atom is -0.420 e. The number of aromatic nitrogens is 2. The van der Waals surface area contributed by atoms with Crippen molar-refractivity contribution >= 4 is 29.0 Å². The lowest BCUT2D eigenvalue weighted by Crippen LogP contribution is -2.19. The van der Waals surface area contributed by atoms with E-state index in [0.29, 0.717) is 34.6 Å². The molecule has 0 aliphatic rings. The van der Waals surface area contributed by atoms with E-state index in [4.69, 9.17) is 16.0 Å². The van der Waals surface area contributed by atoms with Crippen LogP contribution in [0.15, 0.2) is 71.1 Å². The maximum Gasteiger partial charge on any atom is 0.323 e. The normalized spacial score (nSPS) is 10.7. The Bertz CT molecular complexity index is 1200. The number of hydrogen-bond donors (Lipinski definition) is 2. The zero-order valence-electron chi connectivity index (χ0n) is 17.1. The molecule has 0 fully saturated rings. The molecule has 4 rings (SSSR count). The highest BCUT2D eigenvalue weighted by Gasteiger charge is 2.10. The van der Waals surface area contributed by atoms with Gasteiger partial charge in [0.05, 0.1) is 6.42 Å². The Morgan fingerprint density at radius 1 is 0.903 bits per heavy atom. The Hall–Kier alpha value is -3.64. The molecule has 31 heavy (non-hydrogen) atoms. The van der Waals surface area contributed by atoms with Crippen LogP contribution < -0.4 is 10.6 Å². The second-order valence-corrected chi connectivity index (χ2v) is 7.69. The van der Waals surface area contributed by atoms with Gasteiger partial charge >= 0.3 is 6.03 Å². The number of nitrogens with one attached hydrogen (secondary N) is 2. The maximum absolute atomic E-state index is 12.2. The first-order chi connectivity index (χ1) is 15.0. The summed E-state index contributed by atoms with van der Waals surface area (Å²) < 4.78 is 5.79. The molecule has 0 spiro atoms. The first-order valence-electron chi connectivity index (χ1n) is 9.79. The van der Waals surface area contributed by atoms with Crippen molar-refractivity contribution in [3.8, 4) is 11.5 Å². The van der Waals surface area contributed by atoms with Gasteiger partial charge in [-0.2, -0.15) is 0 Å². The van der Waals surface area contributed by atoms with Crippen molar-refractivity contribution in [2.45, 2.75) is 20.3 Å². The second kappa shape index (κ2) is 9.02. The number of carbonyl (C=O) groups is 1. The van der Waals surface area contributed by atoms with Crippen LogP contribution in [0.1, 0.15) is 22.6 Å². The third kappa shape index (κ3) is 5.29.